The molecule has 1 aliphatic heterocycles. The van der Waals surface area contributed by atoms with Gasteiger partial charge < -0.3 is 4.74 Å². The lowest BCUT2D eigenvalue weighted by Gasteiger charge is -2.21. The molecule has 0 spiro atoms. The van der Waals surface area contributed by atoms with E-state index in [4.69, 9.17) is 4.74 Å². The molecule has 0 saturated heterocycles. The zero-order valence-electron chi connectivity index (χ0n) is 14.2. The Morgan fingerprint density at radius 2 is 1.75 bits per heavy atom. The molecule has 1 aliphatic rings. The summed E-state index contributed by atoms with van der Waals surface area (Å²) in [7, 11) is 0. The highest BCUT2D eigenvalue weighted by Crippen LogP contribution is 2.31. The van der Waals surface area contributed by atoms with Gasteiger partial charge in [-0.25, -0.2) is 9.79 Å². The van der Waals surface area contributed by atoms with Crippen LogP contribution in [0.4, 0.5) is 0 Å². The van der Waals surface area contributed by atoms with Crippen molar-refractivity contribution in [1.29, 1.82) is 0 Å². The van der Waals surface area contributed by atoms with E-state index < -0.39 is 5.54 Å². The lowest BCUT2D eigenvalue weighted by molar-refractivity contribution is -0.139. The maximum absolute atomic E-state index is 12.4. The summed E-state index contributed by atoms with van der Waals surface area (Å²) >= 11 is 0. The van der Waals surface area contributed by atoms with E-state index in [1.807, 2.05) is 62.4 Å². The minimum atomic E-state index is -0.898. The second-order valence-corrected chi connectivity index (χ2v) is 6.32. The van der Waals surface area contributed by atoms with Crippen molar-refractivity contribution in [3.8, 4) is 0 Å². The standard InChI is InChI=1S/C21H21NO2/c1-15-9-7-8-10-17(15)14-13-16(2)21(3)20(23)24-19(22-21)18-11-5-4-6-12-18/h4-14,16H,1-3H3/b14-13+/t16?,21-/m1/s1. The van der Waals surface area contributed by atoms with Crippen LogP contribution in [-0.4, -0.2) is 17.4 Å². The largest absolute Gasteiger partial charge is 0.405 e. The molecule has 0 N–H and O–H groups in total. The molecule has 1 unspecified atom stereocenters. The van der Waals surface area contributed by atoms with Gasteiger partial charge in [0.1, 0.15) is 0 Å². The number of hydrogen-bond acceptors (Lipinski definition) is 3. The number of nitrogens with zero attached hydrogens (tertiary/aromatic N) is 1. The molecule has 24 heavy (non-hydrogen) atoms. The zero-order valence-corrected chi connectivity index (χ0v) is 14.2. The van der Waals surface area contributed by atoms with E-state index in [2.05, 4.69) is 30.1 Å². The van der Waals surface area contributed by atoms with Gasteiger partial charge in [-0.1, -0.05) is 61.5 Å². The first-order valence-corrected chi connectivity index (χ1v) is 8.12. The smallest absolute Gasteiger partial charge is 0.341 e. The van der Waals surface area contributed by atoms with Crippen molar-refractivity contribution in [2.75, 3.05) is 0 Å². The summed E-state index contributed by atoms with van der Waals surface area (Å²) in [6.07, 6.45) is 4.08. The van der Waals surface area contributed by atoms with Crippen LogP contribution in [0, 0.1) is 12.8 Å². The highest BCUT2D eigenvalue weighted by molar-refractivity contribution is 6.08. The zero-order chi connectivity index (χ0) is 17.2. The molecule has 0 amide bonds. The van der Waals surface area contributed by atoms with Crippen LogP contribution in [0.15, 0.2) is 65.7 Å². The molecule has 122 valence electrons. The molecular weight excluding hydrogens is 298 g/mol. The van der Waals surface area contributed by atoms with Crippen molar-refractivity contribution in [3.63, 3.8) is 0 Å². The van der Waals surface area contributed by atoms with Gasteiger partial charge in [0, 0.05) is 11.5 Å². The van der Waals surface area contributed by atoms with Crippen molar-refractivity contribution in [3.05, 3.63) is 77.4 Å². The molecule has 2 atom stereocenters. The number of cyclic esters (lactones) is 1. The van der Waals surface area contributed by atoms with E-state index in [-0.39, 0.29) is 11.9 Å². The minimum Gasteiger partial charge on any atom is -0.405 e. The molecule has 0 saturated carbocycles. The molecule has 3 nitrogen and oxygen atoms in total. The molecule has 0 fully saturated rings. The molecule has 3 heteroatoms. The Bertz CT molecular complexity index is 808. The van der Waals surface area contributed by atoms with E-state index in [1.54, 1.807) is 0 Å². The molecule has 0 aromatic heterocycles. The summed E-state index contributed by atoms with van der Waals surface area (Å²) in [6.45, 7) is 5.90. The van der Waals surface area contributed by atoms with Gasteiger partial charge in [-0.2, -0.15) is 0 Å². The number of rotatable bonds is 4. The lowest BCUT2D eigenvalue weighted by Crippen LogP contribution is -2.36. The normalized spacial score (nSPS) is 21.6. The predicted octanol–water partition coefficient (Wildman–Crippen LogP) is 4.41. The minimum absolute atomic E-state index is 0.0779. The second-order valence-electron chi connectivity index (χ2n) is 6.32. The molecule has 2 aromatic carbocycles. The fraction of sp³-hybridized carbons (Fsp3) is 0.238. The summed E-state index contributed by atoms with van der Waals surface area (Å²) in [5.41, 5.74) is 2.27. The summed E-state index contributed by atoms with van der Waals surface area (Å²) in [5, 5.41) is 0. The Hall–Kier alpha value is -2.68. The van der Waals surface area contributed by atoms with Crippen molar-refractivity contribution < 1.29 is 9.53 Å². The fourth-order valence-electron chi connectivity index (χ4n) is 2.67. The van der Waals surface area contributed by atoms with Gasteiger partial charge in [-0.15, -0.1) is 0 Å². The maximum Gasteiger partial charge on any atom is 0.341 e. The topological polar surface area (TPSA) is 38.7 Å². The summed E-state index contributed by atoms with van der Waals surface area (Å²) in [5.74, 6) is 0.0216. The Balaban J connectivity index is 1.85. The summed E-state index contributed by atoms with van der Waals surface area (Å²) < 4.78 is 5.44. The Morgan fingerprint density at radius 3 is 2.46 bits per heavy atom. The molecular formula is C21H21NO2. The third kappa shape index (κ3) is 3.02. The molecule has 3 rings (SSSR count). The van der Waals surface area contributed by atoms with Crippen molar-refractivity contribution in [2.24, 2.45) is 10.9 Å². The van der Waals surface area contributed by atoms with Crippen LogP contribution in [0.1, 0.15) is 30.5 Å². The van der Waals surface area contributed by atoms with E-state index in [0.29, 0.717) is 5.90 Å². The predicted molar refractivity (Wildman–Crippen MR) is 96.9 cm³/mol. The molecule has 0 bridgehead atoms. The lowest BCUT2D eigenvalue weighted by atomic mass is 9.87. The van der Waals surface area contributed by atoms with E-state index >= 15 is 0 Å². The van der Waals surface area contributed by atoms with Gasteiger partial charge in [0.25, 0.3) is 0 Å². The highest BCUT2D eigenvalue weighted by atomic mass is 16.6. The van der Waals surface area contributed by atoms with Crippen LogP contribution < -0.4 is 0 Å². The Labute approximate surface area is 142 Å². The summed E-state index contributed by atoms with van der Waals surface area (Å²) in [6, 6.07) is 17.7. The highest BCUT2D eigenvalue weighted by Gasteiger charge is 2.45. The molecule has 0 aliphatic carbocycles. The average molecular weight is 319 g/mol. The van der Waals surface area contributed by atoms with E-state index in [1.165, 1.54) is 5.56 Å². The van der Waals surface area contributed by atoms with Crippen LogP contribution >= 0.6 is 0 Å². The number of carbonyl (C=O) groups excluding carboxylic acids is 1. The third-order valence-corrected chi connectivity index (χ3v) is 4.60. The quantitative estimate of drug-likeness (QED) is 0.783. The average Bonchev–Trinajstić information content (AvgIpc) is 2.91. The van der Waals surface area contributed by atoms with Gasteiger partial charge >= 0.3 is 5.97 Å². The number of aliphatic imine (C=N–C) groups is 1. The second kappa shape index (κ2) is 6.44. The number of ether oxygens (including phenoxy) is 1. The van der Waals surface area contributed by atoms with E-state index in [9.17, 15) is 4.79 Å². The van der Waals surface area contributed by atoms with Crippen LogP contribution in [0.3, 0.4) is 0 Å². The van der Waals surface area contributed by atoms with E-state index in [0.717, 1.165) is 11.1 Å². The van der Waals surface area contributed by atoms with Crippen LogP contribution in [0.2, 0.25) is 0 Å². The Morgan fingerprint density at radius 1 is 1.08 bits per heavy atom. The SMILES string of the molecule is Cc1ccccc1/C=C/C(C)[C@@]1(C)N=C(c2ccccc2)OC1=O. The van der Waals surface area contributed by atoms with Crippen molar-refractivity contribution >= 4 is 17.9 Å². The van der Waals surface area contributed by atoms with Gasteiger partial charge in [-0.05, 0) is 37.1 Å². The van der Waals surface area contributed by atoms with Crippen molar-refractivity contribution in [1.82, 2.24) is 0 Å². The summed E-state index contributed by atoms with van der Waals surface area (Å²) in [4.78, 5) is 17.0. The number of hydrogen-bond donors (Lipinski definition) is 0. The maximum atomic E-state index is 12.4. The number of esters is 1. The number of benzene rings is 2. The first-order chi connectivity index (χ1) is 11.5. The number of carbonyl (C=O) groups is 1. The fourth-order valence-corrected chi connectivity index (χ4v) is 2.67. The first-order valence-electron chi connectivity index (χ1n) is 8.12. The molecule has 2 aromatic rings. The molecule has 1 heterocycles. The molecule has 0 radical (unpaired) electrons. The third-order valence-electron chi connectivity index (χ3n) is 4.60. The van der Waals surface area contributed by atoms with Gasteiger partial charge in [0.15, 0.2) is 5.54 Å². The van der Waals surface area contributed by atoms with Crippen LogP contribution in [0.25, 0.3) is 6.08 Å². The van der Waals surface area contributed by atoms with Crippen molar-refractivity contribution in [2.45, 2.75) is 26.3 Å². The van der Waals surface area contributed by atoms with Gasteiger partial charge in [0.05, 0.1) is 0 Å². The van der Waals surface area contributed by atoms with Crippen LogP contribution in [0.5, 0.6) is 0 Å². The van der Waals surface area contributed by atoms with Crippen LogP contribution in [-0.2, 0) is 9.53 Å². The Kier molecular flexibility index (Phi) is 4.34. The number of aryl methyl sites for hydroxylation is 1. The van der Waals surface area contributed by atoms with Gasteiger partial charge in [-0.3, -0.25) is 0 Å². The first kappa shape index (κ1) is 16.2. The van der Waals surface area contributed by atoms with Gasteiger partial charge in [0.2, 0.25) is 5.90 Å². The monoisotopic (exact) mass is 319 g/mol.